The molecule has 2 aromatic rings. The first kappa shape index (κ1) is 33.6. The summed E-state index contributed by atoms with van der Waals surface area (Å²) in [6.45, 7) is 7.96. The van der Waals surface area contributed by atoms with Gasteiger partial charge in [-0.15, -0.1) is 0 Å². The van der Waals surface area contributed by atoms with Crippen molar-refractivity contribution in [3.63, 3.8) is 0 Å². The average Bonchev–Trinajstić information content (AvgIpc) is 2.91. The number of ether oxygens (including phenoxy) is 1. The lowest BCUT2D eigenvalue weighted by molar-refractivity contribution is -0.139. The molecule has 12 heteroatoms. The summed E-state index contributed by atoms with van der Waals surface area (Å²) in [5, 5.41) is 17.1. The molecule has 3 atom stereocenters. The highest BCUT2D eigenvalue weighted by atomic mass is 16.6. The van der Waals surface area contributed by atoms with Crippen LogP contribution < -0.4 is 21.7 Å². The first-order chi connectivity index (χ1) is 19.7. The molecule has 0 bridgehead atoms. The maximum Gasteiger partial charge on any atom is 0.408 e. The van der Waals surface area contributed by atoms with Crippen LogP contribution in [0.1, 0.15) is 45.7 Å². The predicted molar refractivity (Wildman–Crippen MR) is 156 cm³/mol. The molecule has 0 spiro atoms. The van der Waals surface area contributed by atoms with E-state index in [-0.39, 0.29) is 25.1 Å². The molecule has 0 aliphatic rings. The second-order valence-electron chi connectivity index (χ2n) is 10.8. The average molecular weight is 584 g/mol. The minimum atomic E-state index is -1.11. The van der Waals surface area contributed by atoms with Gasteiger partial charge in [0.2, 0.25) is 23.6 Å². The number of hydrogen-bond acceptors (Lipinski definition) is 7. The fraction of sp³-hybridized carbons (Fsp3) is 0.433. The van der Waals surface area contributed by atoms with Crippen molar-refractivity contribution in [1.29, 1.82) is 0 Å². The Morgan fingerprint density at radius 3 is 2.05 bits per heavy atom. The number of benzene rings is 2. The zero-order chi connectivity index (χ0) is 31.4. The van der Waals surface area contributed by atoms with Gasteiger partial charge in [-0.2, -0.15) is 0 Å². The molecular formula is C30H41N5O7. The van der Waals surface area contributed by atoms with Gasteiger partial charge in [0, 0.05) is 19.4 Å². The summed E-state index contributed by atoms with van der Waals surface area (Å²) in [5.41, 5.74) is 6.27. The normalized spacial score (nSPS) is 13.2. The van der Waals surface area contributed by atoms with Gasteiger partial charge in [-0.1, -0.05) is 42.5 Å². The van der Waals surface area contributed by atoms with Crippen molar-refractivity contribution in [2.75, 3.05) is 13.1 Å². The standard InChI is InChI=1S/C30H41N5O7/c1-6-35(24(26(31)38)17-20-10-8-7-9-11-20)25(37)18-32-27(39)19(2)33-28(40)23(34-29(41)42-30(3,4)5)16-21-12-14-22(36)15-13-21/h7-15,19,23-24,36H,6,16-18H2,1-5H3,(H2,31,38)(H,32,39)(H,33,40)(H,34,41)/t19-,23+,24+/m1/s1. The zero-order valence-electron chi connectivity index (χ0n) is 24.7. The number of likely N-dealkylation sites (N-methyl/N-ethyl adjacent to an activating group) is 1. The van der Waals surface area contributed by atoms with Gasteiger partial charge in [0.25, 0.3) is 0 Å². The second-order valence-corrected chi connectivity index (χ2v) is 10.8. The second kappa shape index (κ2) is 15.4. The predicted octanol–water partition coefficient (Wildman–Crippen LogP) is 1.39. The van der Waals surface area contributed by atoms with E-state index in [4.69, 9.17) is 10.5 Å². The van der Waals surface area contributed by atoms with Gasteiger partial charge in [-0.05, 0) is 57.9 Å². The Bertz CT molecular complexity index is 1230. The zero-order valence-corrected chi connectivity index (χ0v) is 24.7. The van der Waals surface area contributed by atoms with Crippen molar-refractivity contribution in [2.45, 2.75) is 71.2 Å². The van der Waals surface area contributed by atoms with Crippen molar-refractivity contribution in [3.05, 3.63) is 65.7 Å². The summed E-state index contributed by atoms with van der Waals surface area (Å²) < 4.78 is 5.27. The van der Waals surface area contributed by atoms with E-state index in [0.29, 0.717) is 5.56 Å². The number of amides is 5. The molecule has 0 aliphatic heterocycles. The van der Waals surface area contributed by atoms with Crippen LogP contribution in [0, 0.1) is 0 Å². The maximum absolute atomic E-state index is 13.1. The van der Waals surface area contributed by atoms with E-state index in [0.717, 1.165) is 5.56 Å². The third-order valence-corrected chi connectivity index (χ3v) is 6.19. The van der Waals surface area contributed by atoms with Crippen LogP contribution in [0.4, 0.5) is 4.79 Å². The van der Waals surface area contributed by atoms with Crippen LogP contribution in [0.3, 0.4) is 0 Å². The van der Waals surface area contributed by atoms with Crippen molar-refractivity contribution in [3.8, 4) is 5.75 Å². The smallest absolute Gasteiger partial charge is 0.408 e. The van der Waals surface area contributed by atoms with Crippen LogP contribution in [0.5, 0.6) is 5.75 Å². The highest BCUT2D eigenvalue weighted by Gasteiger charge is 2.29. The molecule has 0 fully saturated rings. The molecule has 42 heavy (non-hydrogen) atoms. The van der Waals surface area contributed by atoms with Gasteiger partial charge in [-0.25, -0.2) is 4.79 Å². The SMILES string of the molecule is CCN(C(=O)CNC(=O)[C@@H](C)NC(=O)[C@H](Cc1ccc(O)cc1)NC(=O)OC(C)(C)C)[C@@H](Cc1ccccc1)C(N)=O. The number of primary amides is 1. The summed E-state index contributed by atoms with van der Waals surface area (Å²) in [5.74, 6) is -2.44. The minimum Gasteiger partial charge on any atom is -0.508 e. The van der Waals surface area contributed by atoms with Crippen LogP contribution in [0.25, 0.3) is 0 Å². The van der Waals surface area contributed by atoms with Crippen molar-refractivity contribution >= 4 is 29.7 Å². The molecule has 0 aromatic heterocycles. The molecule has 0 radical (unpaired) electrons. The summed E-state index contributed by atoms with van der Waals surface area (Å²) in [6, 6.07) is 12.2. The summed E-state index contributed by atoms with van der Waals surface area (Å²) >= 11 is 0. The summed E-state index contributed by atoms with van der Waals surface area (Å²) in [4.78, 5) is 64.8. The third-order valence-electron chi connectivity index (χ3n) is 6.19. The van der Waals surface area contributed by atoms with Crippen LogP contribution in [0.2, 0.25) is 0 Å². The Labute approximate surface area is 246 Å². The van der Waals surface area contributed by atoms with Crippen LogP contribution in [0.15, 0.2) is 54.6 Å². The number of carbonyl (C=O) groups is 5. The minimum absolute atomic E-state index is 0.0450. The van der Waals surface area contributed by atoms with E-state index in [1.165, 1.54) is 24.0 Å². The van der Waals surface area contributed by atoms with Crippen molar-refractivity contribution < 1.29 is 33.8 Å². The van der Waals surface area contributed by atoms with Crippen LogP contribution >= 0.6 is 0 Å². The Hall–Kier alpha value is -4.61. The molecule has 2 aromatic carbocycles. The van der Waals surface area contributed by atoms with Crippen LogP contribution in [-0.4, -0.2) is 76.5 Å². The first-order valence-electron chi connectivity index (χ1n) is 13.7. The number of hydrogen-bond donors (Lipinski definition) is 5. The molecule has 0 saturated heterocycles. The number of nitrogens with zero attached hydrogens (tertiary/aromatic N) is 1. The first-order valence-corrected chi connectivity index (χ1v) is 13.7. The topological polar surface area (TPSA) is 180 Å². The number of rotatable bonds is 13. The molecule has 0 heterocycles. The van der Waals surface area contributed by atoms with E-state index in [1.807, 2.05) is 30.3 Å². The Morgan fingerprint density at radius 2 is 1.50 bits per heavy atom. The number of phenolic OH excluding ortho intramolecular Hbond substituents is 1. The quantitative estimate of drug-likeness (QED) is 0.236. The Morgan fingerprint density at radius 1 is 0.905 bits per heavy atom. The molecule has 0 unspecified atom stereocenters. The fourth-order valence-corrected chi connectivity index (χ4v) is 4.10. The van der Waals surface area contributed by atoms with E-state index >= 15 is 0 Å². The molecule has 228 valence electrons. The molecular weight excluding hydrogens is 542 g/mol. The van der Waals surface area contributed by atoms with E-state index in [9.17, 15) is 29.1 Å². The lowest BCUT2D eigenvalue weighted by Crippen LogP contribution is -2.55. The van der Waals surface area contributed by atoms with Crippen molar-refractivity contribution in [2.24, 2.45) is 5.73 Å². The molecule has 12 nitrogen and oxygen atoms in total. The Kier molecular flexibility index (Phi) is 12.3. The van der Waals surface area contributed by atoms with Gasteiger partial charge in [-0.3, -0.25) is 19.2 Å². The number of aromatic hydroxyl groups is 1. The van der Waals surface area contributed by atoms with Crippen LogP contribution in [-0.2, 0) is 36.8 Å². The fourth-order valence-electron chi connectivity index (χ4n) is 4.10. The summed E-state index contributed by atoms with van der Waals surface area (Å²) in [6.07, 6.45) is -0.536. The summed E-state index contributed by atoms with van der Waals surface area (Å²) in [7, 11) is 0. The lowest BCUT2D eigenvalue weighted by atomic mass is 10.0. The number of nitrogens with one attached hydrogen (secondary N) is 3. The highest BCUT2D eigenvalue weighted by Crippen LogP contribution is 2.13. The monoisotopic (exact) mass is 583 g/mol. The maximum atomic E-state index is 13.1. The van der Waals surface area contributed by atoms with E-state index in [2.05, 4.69) is 16.0 Å². The third kappa shape index (κ3) is 11.1. The molecule has 6 N–H and O–H groups in total. The number of nitrogens with two attached hydrogens (primary N) is 1. The number of phenols is 1. The number of carbonyl (C=O) groups excluding carboxylic acids is 5. The number of alkyl carbamates (subject to hydrolysis) is 1. The Balaban J connectivity index is 2.03. The molecule has 2 rings (SSSR count). The van der Waals surface area contributed by atoms with Gasteiger partial charge in [0.05, 0.1) is 6.54 Å². The van der Waals surface area contributed by atoms with Gasteiger partial charge in [0.1, 0.15) is 29.5 Å². The molecule has 0 saturated carbocycles. The molecule has 5 amide bonds. The van der Waals surface area contributed by atoms with Gasteiger partial charge < -0.3 is 36.4 Å². The van der Waals surface area contributed by atoms with Gasteiger partial charge in [0.15, 0.2) is 0 Å². The lowest BCUT2D eigenvalue weighted by Gasteiger charge is -2.29. The largest absolute Gasteiger partial charge is 0.508 e. The van der Waals surface area contributed by atoms with Crippen molar-refractivity contribution in [1.82, 2.24) is 20.9 Å². The van der Waals surface area contributed by atoms with E-state index in [1.54, 1.807) is 39.8 Å². The van der Waals surface area contributed by atoms with E-state index < -0.39 is 60.0 Å². The highest BCUT2D eigenvalue weighted by molar-refractivity contribution is 5.93. The molecule has 0 aliphatic carbocycles. The van der Waals surface area contributed by atoms with Gasteiger partial charge >= 0.3 is 6.09 Å².